The summed E-state index contributed by atoms with van der Waals surface area (Å²) in [7, 11) is 2.04. The van der Waals surface area contributed by atoms with Crippen LogP contribution in [-0.4, -0.2) is 84.1 Å². The number of thiophene rings is 1. The van der Waals surface area contributed by atoms with Crippen molar-refractivity contribution >= 4 is 44.1 Å². The number of ether oxygens (including phenoxy) is 1. The molecule has 2 aromatic carbocycles. The number of carbonyl (C=O) groups excluding carboxylic acids is 1. The number of hydrogen-bond acceptors (Lipinski definition) is 7. The van der Waals surface area contributed by atoms with Crippen molar-refractivity contribution < 1.29 is 22.7 Å². The molecule has 1 amide bonds. The summed E-state index contributed by atoms with van der Waals surface area (Å²) in [6, 6.07) is 7.47. The zero-order valence-corrected chi connectivity index (χ0v) is 24.3. The van der Waals surface area contributed by atoms with Gasteiger partial charge in [0.2, 0.25) is 17.6 Å². The van der Waals surface area contributed by atoms with E-state index in [0.717, 1.165) is 19.4 Å². The largest absolute Gasteiger partial charge is 0.462 e. The Morgan fingerprint density at radius 2 is 2.00 bits per heavy atom. The Kier molecular flexibility index (Phi) is 7.94. The molecular weight excluding hydrogens is 577 g/mol. The summed E-state index contributed by atoms with van der Waals surface area (Å²) in [5, 5.41) is -0.443. The minimum atomic E-state index is -0.955. The zero-order valence-electron chi connectivity index (χ0n) is 23.5. The van der Waals surface area contributed by atoms with Crippen molar-refractivity contribution in [3.63, 3.8) is 0 Å². The number of amides is 1. The second kappa shape index (κ2) is 11.8. The molecule has 2 aliphatic rings. The van der Waals surface area contributed by atoms with Crippen LogP contribution in [0.25, 0.3) is 37.0 Å². The van der Waals surface area contributed by atoms with Gasteiger partial charge in [-0.2, -0.15) is 14.4 Å². The third-order valence-electron chi connectivity index (χ3n) is 8.27. The number of rotatable bonds is 7. The minimum absolute atomic E-state index is 0.0883. The number of halogens is 3. The lowest BCUT2D eigenvalue weighted by molar-refractivity contribution is -0.128. The third-order valence-corrected chi connectivity index (χ3v) is 9.27. The molecule has 2 aliphatic heterocycles. The molecule has 43 heavy (non-hydrogen) atoms. The monoisotopic (exact) mass is 606 g/mol. The fourth-order valence-electron chi connectivity index (χ4n) is 5.97. The van der Waals surface area contributed by atoms with Gasteiger partial charge in [-0.15, -0.1) is 11.3 Å². The number of aromatic nitrogens is 2. The molecular formula is C31H29F3N6O2S. The zero-order chi connectivity index (χ0) is 30.2. The van der Waals surface area contributed by atoms with Gasteiger partial charge >= 0.3 is 6.01 Å². The van der Waals surface area contributed by atoms with E-state index >= 15 is 4.39 Å². The molecule has 2 fully saturated rings. The topological polar surface area (TPSA) is 66.2 Å². The number of nitrogens with zero attached hydrogens (tertiary/aromatic N) is 6. The van der Waals surface area contributed by atoms with Crippen LogP contribution < -0.4 is 9.64 Å². The van der Waals surface area contributed by atoms with E-state index in [9.17, 15) is 13.6 Å². The smallest absolute Gasteiger partial charge is 0.319 e. The first-order valence-corrected chi connectivity index (χ1v) is 14.8. The fraction of sp³-hybridized carbons (Fsp3) is 0.355. The lowest BCUT2D eigenvalue weighted by atomic mass is 10.0. The molecule has 6 rings (SSSR count). The van der Waals surface area contributed by atoms with E-state index in [2.05, 4.69) is 21.3 Å². The molecule has 4 aromatic rings. The van der Waals surface area contributed by atoms with Crippen LogP contribution in [0.5, 0.6) is 6.01 Å². The van der Waals surface area contributed by atoms with Gasteiger partial charge in [-0.25, -0.2) is 15.4 Å². The normalized spacial score (nSPS) is 19.2. The first-order valence-electron chi connectivity index (χ1n) is 14.0. The number of likely N-dealkylation sites (tertiary alicyclic amines) is 1. The average Bonchev–Trinajstić information content (AvgIpc) is 3.56. The molecule has 0 N–H and O–H groups in total. The Labute approximate surface area is 250 Å². The van der Waals surface area contributed by atoms with Gasteiger partial charge in [-0.3, -0.25) is 4.79 Å². The molecule has 0 bridgehead atoms. The van der Waals surface area contributed by atoms with Crippen LogP contribution in [-0.2, 0) is 4.79 Å². The van der Waals surface area contributed by atoms with Gasteiger partial charge in [0, 0.05) is 52.3 Å². The molecule has 0 saturated carbocycles. The number of benzene rings is 2. The number of hydrogen-bond donors (Lipinski definition) is 0. The maximum absolute atomic E-state index is 15.9. The highest BCUT2D eigenvalue weighted by molar-refractivity contribution is 7.18. The Morgan fingerprint density at radius 3 is 2.74 bits per heavy atom. The average molecular weight is 607 g/mol. The lowest BCUT2D eigenvalue weighted by Gasteiger charge is -2.39. The molecule has 0 spiro atoms. The first kappa shape index (κ1) is 28.9. The number of fused-ring (bicyclic) bond motifs is 2. The minimum Gasteiger partial charge on any atom is -0.462 e. The van der Waals surface area contributed by atoms with Crippen molar-refractivity contribution in [2.75, 3.05) is 51.3 Å². The molecule has 0 unspecified atom stereocenters. The predicted molar refractivity (Wildman–Crippen MR) is 161 cm³/mol. The van der Waals surface area contributed by atoms with Gasteiger partial charge in [-0.05, 0) is 44.6 Å². The summed E-state index contributed by atoms with van der Waals surface area (Å²) in [5.41, 5.74) is 0.906. The van der Waals surface area contributed by atoms with Crippen LogP contribution in [0.3, 0.4) is 0 Å². The molecule has 222 valence electrons. The summed E-state index contributed by atoms with van der Waals surface area (Å²) in [4.78, 5) is 31.1. The molecule has 8 nitrogen and oxygen atoms in total. The summed E-state index contributed by atoms with van der Waals surface area (Å²) >= 11 is 0.633. The highest BCUT2D eigenvalue weighted by atomic mass is 32.1. The standard InChI is InChI=1S/C31H29F3N6O2S/c1-4-26(41)40-12-11-39(16-19(40)15-35-2)30-23-13-24(32)22(20-8-5-9-21-27(33)29(34)43-28(20)21)14-25(23)36-31(37-30)42-17-18-7-6-10-38(18)3/h4-5,8-9,13-14,18-19H,1,6-7,10-12,15-17H2,3H3/t18-,19-/m0/s1. The maximum Gasteiger partial charge on any atom is 0.319 e. The van der Waals surface area contributed by atoms with E-state index in [4.69, 9.17) is 16.3 Å². The predicted octanol–water partition coefficient (Wildman–Crippen LogP) is 5.52. The van der Waals surface area contributed by atoms with E-state index in [-0.39, 0.29) is 35.5 Å². The number of anilines is 1. The van der Waals surface area contributed by atoms with Gasteiger partial charge in [0.05, 0.1) is 5.52 Å². The van der Waals surface area contributed by atoms with Crippen molar-refractivity contribution in [1.29, 1.82) is 0 Å². The van der Waals surface area contributed by atoms with Gasteiger partial charge in [-0.1, -0.05) is 24.8 Å². The molecule has 12 heteroatoms. The van der Waals surface area contributed by atoms with E-state index in [1.165, 1.54) is 18.2 Å². The Bertz CT molecular complexity index is 1770. The van der Waals surface area contributed by atoms with Crippen LogP contribution in [0.15, 0.2) is 43.0 Å². The van der Waals surface area contributed by atoms with Crippen LogP contribution in [0, 0.1) is 23.3 Å². The summed E-state index contributed by atoms with van der Waals surface area (Å²) in [5.74, 6) is -1.38. The second-order valence-electron chi connectivity index (χ2n) is 10.8. The summed E-state index contributed by atoms with van der Waals surface area (Å²) in [6.07, 6.45) is 3.30. The highest BCUT2D eigenvalue weighted by Gasteiger charge is 2.33. The van der Waals surface area contributed by atoms with Crippen LogP contribution in [0.1, 0.15) is 12.8 Å². The van der Waals surface area contributed by atoms with Crippen molar-refractivity contribution in [3.05, 3.63) is 71.2 Å². The van der Waals surface area contributed by atoms with Crippen molar-refractivity contribution in [2.24, 2.45) is 0 Å². The number of piperazine rings is 1. The molecule has 2 aromatic heterocycles. The molecule has 4 heterocycles. The second-order valence-corrected chi connectivity index (χ2v) is 11.8. The molecule has 2 atom stereocenters. The van der Waals surface area contributed by atoms with E-state index < -0.39 is 22.8 Å². The van der Waals surface area contributed by atoms with Crippen LogP contribution in [0.2, 0.25) is 0 Å². The van der Waals surface area contributed by atoms with E-state index in [1.807, 2.05) is 11.9 Å². The third kappa shape index (κ3) is 5.39. The van der Waals surface area contributed by atoms with Crippen molar-refractivity contribution in [3.8, 4) is 17.1 Å². The fourth-order valence-corrected chi connectivity index (χ4v) is 6.91. The van der Waals surface area contributed by atoms with Gasteiger partial charge in [0.1, 0.15) is 24.3 Å². The Hall–Kier alpha value is -4.21. The quantitative estimate of drug-likeness (QED) is 0.204. The lowest BCUT2D eigenvalue weighted by Crippen LogP contribution is -2.56. The molecule has 2 saturated heterocycles. The van der Waals surface area contributed by atoms with Crippen LogP contribution in [0.4, 0.5) is 19.0 Å². The first-order chi connectivity index (χ1) is 20.8. The van der Waals surface area contributed by atoms with Gasteiger partial charge in [0.15, 0.2) is 5.82 Å². The Morgan fingerprint density at radius 1 is 1.16 bits per heavy atom. The summed E-state index contributed by atoms with van der Waals surface area (Å²) in [6.45, 7) is 13.5. The maximum atomic E-state index is 15.9. The molecule has 0 radical (unpaired) electrons. The van der Waals surface area contributed by atoms with Gasteiger partial charge < -0.3 is 24.3 Å². The Balaban J connectivity index is 1.45. The number of likely N-dealkylation sites (N-methyl/N-ethyl adjacent to an activating group) is 1. The molecule has 0 aliphatic carbocycles. The van der Waals surface area contributed by atoms with Crippen molar-refractivity contribution in [1.82, 2.24) is 19.8 Å². The number of carbonyl (C=O) groups is 1. The van der Waals surface area contributed by atoms with Crippen LogP contribution >= 0.6 is 11.3 Å². The van der Waals surface area contributed by atoms with E-state index in [1.54, 1.807) is 23.1 Å². The summed E-state index contributed by atoms with van der Waals surface area (Å²) < 4.78 is 50.9. The SMILES string of the molecule is [C-]#[N+]C[C@H]1CN(c2nc(OC[C@@H]3CCCN3C)nc3cc(-c4cccc5c(F)c(F)sc45)c(F)cc23)CCN1C(=O)C=C. The van der Waals surface area contributed by atoms with Crippen molar-refractivity contribution in [2.45, 2.75) is 24.9 Å². The highest BCUT2D eigenvalue weighted by Crippen LogP contribution is 2.40. The van der Waals surface area contributed by atoms with Gasteiger partial charge in [0.25, 0.3) is 0 Å². The van der Waals surface area contributed by atoms with E-state index in [0.29, 0.717) is 64.6 Å².